The summed E-state index contributed by atoms with van der Waals surface area (Å²) in [7, 11) is -0.441. The van der Waals surface area contributed by atoms with Gasteiger partial charge in [0.15, 0.2) is 0 Å². The van der Waals surface area contributed by atoms with Crippen LogP contribution in [0.25, 0.3) is 0 Å². The van der Waals surface area contributed by atoms with Gasteiger partial charge in [0, 0.05) is 36.3 Å². The number of thiophene rings is 1. The quantitative estimate of drug-likeness (QED) is 0.140. The number of hydrogen-bond donors (Lipinski definition) is 2. The van der Waals surface area contributed by atoms with Crippen molar-refractivity contribution in [2.45, 2.75) is 89.3 Å². The molecule has 42 heavy (non-hydrogen) atoms. The molecule has 0 amide bonds. The van der Waals surface area contributed by atoms with E-state index in [0.29, 0.717) is 32.9 Å². The lowest BCUT2D eigenvalue weighted by atomic mass is 10.0. The highest BCUT2D eigenvalue weighted by molar-refractivity contribution is 9.10. The molecule has 2 aromatic heterocycles. The smallest absolute Gasteiger partial charge is 0.208 e. The van der Waals surface area contributed by atoms with Crippen molar-refractivity contribution < 1.29 is 19.1 Å². The van der Waals surface area contributed by atoms with Crippen molar-refractivity contribution in [2.24, 2.45) is 5.92 Å². The van der Waals surface area contributed by atoms with Gasteiger partial charge < -0.3 is 19.6 Å². The van der Waals surface area contributed by atoms with Crippen LogP contribution in [0.1, 0.15) is 86.9 Å². The van der Waals surface area contributed by atoms with Crippen molar-refractivity contribution in [3.05, 3.63) is 74.3 Å². The number of rotatable bonds is 13. The number of ether oxygens (including phenoxy) is 1. The standard InChI is InChI=1S/C32H44BrN3O4SSi/c1-19(2)42(20(3)4,21(5)6)40-28-14-26(12-23(28)16-37)36-32-27(15-34-18-35-32)30(38)29-13-24(17-41-29)31(39-7)22-9-8-10-25(33)11-22/h8-11,13,15,17-21,23,26,28,31,37H,12,14,16H2,1-7H3,(H,34,35,36)/t23-,26-,28+,31-/m1/s1. The molecule has 10 heteroatoms. The van der Waals surface area contributed by atoms with Crippen molar-refractivity contribution in [1.29, 1.82) is 0 Å². The molecule has 1 aliphatic rings. The Morgan fingerprint density at radius 3 is 2.45 bits per heavy atom. The maximum Gasteiger partial charge on any atom is 0.208 e. The minimum absolute atomic E-state index is 0.0279. The molecule has 2 heterocycles. The van der Waals surface area contributed by atoms with Crippen LogP contribution in [0.15, 0.2) is 52.7 Å². The predicted molar refractivity (Wildman–Crippen MR) is 176 cm³/mol. The third kappa shape index (κ3) is 6.89. The fourth-order valence-corrected chi connectivity index (χ4v) is 13.8. The zero-order chi connectivity index (χ0) is 30.6. The van der Waals surface area contributed by atoms with Gasteiger partial charge in [-0.25, -0.2) is 9.97 Å². The summed E-state index contributed by atoms with van der Waals surface area (Å²) < 4.78 is 13.9. The topological polar surface area (TPSA) is 93.6 Å². The number of halogens is 1. The number of carbonyl (C=O) groups excluding carboxylic acids is 1. The van der Waals surface area contributed by atoms with E-state index in [1.807, 2.05) is 35.7 Å². The second-order valence-corrected chi connectivity index (χ2v) is 19.5. The number of nitrogens with zero attached hydrogens (tertiary/aromatic N) is 2. The first-order valence-corrected chi connectivity index (χ1v) is 18.6. The summed E-state index contributed by atoms with van der Waals surface area (Å²) in [6.45, 7) is 13.8. The van der Waals surface area contributed by atoms with Crippen LogP contribution in [0.5, 0.6) is 0 Å². The molecule has 0 bridgehead atoms. The van der Waals surface area contributed by atoms with E-state index in [9.17, 15) is 9.90 Å². The number of aromatic nitrogens is 2. The van der Waals surface area contributed by atoms with Crippen LogP contribution in [-0.2, 0) is 9.16 Å². The molecule has 0 spiro atoms. The Labute approximate surface area is 263 Å². The van der Waals surface area contributed by atoms with Crippen molar-refractivity contribution in [1.82, 2.24) is 9.97 Å². The largest absolute Gasteiger partial charge is 0.413 e. The third-order valence-electron chi connectivity index (χ3n) is 8.76. The van der Waals surface area contributed by atoms with Gasteiger partial charge in [0.05, 0.1) is 16.5 Å². The number of hydrogen-bond acceptors (Lipinski definition) is 8. The Morgan fingerprint density at radius 1 is 1.12 bits per heavy atom. The summed E-state index contributed by atoms with van der Waals surface area (Å²) in [6, 6.07) is 9.91. The van der Waals surface area contributed by atoms with Gasteiger partial charge in [-0.1, -0.05) is 69.6 Å². The van der Waals surface area contributed by atoms with Gasteiger partial charge in [0.2, 0.25) is 14.1 Å². The molecule has 4 rings (SSSR count). The van der Waals surface area contributed by atoms with Gasteiger partial charge in [0.1, 0.15) is 18.2 Å². The average Bonchev–Trinajstić information content (AvgIpc) is 3.58. The molecule has 0 radical (unpaired) electrons. The van der Waals surface area contributed by atoms with Gasteiger partial charge in [-0.2, -0.15) is 0 Å². The third-order valence-corrected chi connectivity index (χ3v) is 16.3. The first-order chi connectivity index (χ1) is 20.0. The normalized spacial score (nSPS) is 20.0. The van der Waals surface area contributed by atoms with Crippen molar-refractivity contribution in [3.8, 4) is 0 Å². The van der Waals surface area contributed by atoms with E-state index in [2.05, 4.69) is 72.8 Å². The number of aliphatic hydroxyl groups is 1. The highest BCUT2D eigenvalue weighted by Gasteiger charge is 2.49. The van der Waals surface area contributed by atoms with Gasteiger partial charge in [-0.15, -0.1) is 11.3 Å². The van der Waals surface area contributed by atoms with E-state index in [0.717, 1.165) is 28.4 Å². The van der Waals surface area contributed by atoms with Crippen LogP contribution in [0, 0.1) is 5.92 Å². The van der Waals surface area contributed by atoms with Crippen molar-refractivity contribution in [2.75, 3.05) is 19.0 Å². The number of anilines is 1. The zero-order valence-corrected chi connectivity index (χ0v) is 29.0. The number of nitrogens with one attached hydrogen (secondary N) is 1. The number of aliphatic hydroxyl groups excluding tert-OH is 1. The molecule has 0 aliphatic heterocycles. The summed E-state index contributed by atoms with van der Waals surface area (Å²) in [5, 5.41) is 15.8. The molecule has 0 unspecified atom stereocenters. The highest BCUT2D eigenvalue weighted by atomic mass is 79.9. The van der Waals surface area contributed by atoms with E-state index in [1.165, 1.54) is 17.7 Å². The fraction of sp³-hybridized carbons (Fsp3) is 0.531. The lowest BCUT2D eigenvalue weighted by Crippen LogP contribution is -2.51. The van der Waals surface area contributed by atoms with Crippen LogP contribution in [0.2, 0.25) is 16.6 Å². The number of carbonyl (C=O) groups is 1. The van der Waals surface area contributed by atoms with Gasteiger partial charge in [-0.3, -0.25) is 4.79 Å². The molecule has 2 N–H and O–H groups in total. The summed E-state index contributed by atoms with van der Waals surface area (Å²) >= 11 is 4.92. The van der Waals surface area contributed by atoms with E-state index in [1.54, 1.807) is 13.3 Å². The van der Waals surface area contributed by atoms with Crippen LogP contribution < -0.4 is 5.32 Å². The SMILES string of the molecule is CO[C@H](c1cccc(Br)c1)c1csc(C(=O)c2cncnc2N[C@@H]2C[C@H](CO)[C@@H](O[Si](C(C)C)(C(C)C)C(C)C)C2)c1. The van der Waals surface area contributed by atoms with Crippen LogP contribution in [0.3, 0.4) is 0 Å². The lowest BCUT2D eigenvalue weighted by Gasteiger charge is -2.45. The minimum atomic E-state index is -2.11. The molecule has 228 valence electrons. The number of ketones is 1. The first kappa shape index (κ1) is 33.0. The van der Waals surface area contributed by atoms with Crippen molar-refractivity contribution >= 4 is 47.2 Å². The molecule has 1 saturated carbocycles. The Balaban J connectivity index is 1.53. The highest BCUT2D eigenvalue weighted by Crippen LogP contribution is 2.46. The van der Waals surface area contributed by atoms with E-state index < -0.39 is 8.32 Å². The second kappa shape index (κ2) is 14.2. The minimum Gasteiger partial charge on any atom is -0.413 e. The summed E-state index contributed by atoms with van der Waals surface area (Å²) in [5.74, 6) is 0.423. The Bertz CT molecular complexity index is 1330. The first-order valence-electron chi connectivity index (χ1n) is 14.8. The van der Waals surface area contributed by atoms with Crippen LogP contribution >= 0.6 is 27.3 Å². The second-order valence-electron chi connectivity index (χ2n) is 12.3. The summed E-state index contributed by atoms with van der Waals surface area (Å²) in [4.78, 5) is 23.0. The average molecular weight is 675 g/mol. The lowest BCUT2D eigenvalue weighted by molar-refractivity contribution is 0.0941. The van der Waals surface area contributed by atoms with Gasteiger partial charge in [-0.05, 0) is 64.2 Å². The molecular weight excluding hydrogens is 630 g/mol. The molecular formula is C32H44BrN3O4SSi. The van der Waals surface area contributed by atoms with E-state index in [4.69, 9.17) is 9.16 Å². The van der Waals surface area contributed by atoms with Crippen LogP contribution in [-0.4, -0.2) is 55.0 Å². The Kier molecular flexibility index (Phi) is 11.2. The number of benzene rings is 1. The fourth-order valence-electron chi connectivity index (χ4n) is 6.89. The van der Waals surface area contributed by atoms with Gasteiger partial charge in [0.25, 0.3) is 0 Å². The molecule has 3 aromatic rings. The molecule has 7 nitrogen and oxygen atoms in total. The van der Waals surface area contributed by atoms with Gasteiger partial charge >= 0.3 is 0 Å². The maximum absolute atomic E-state index is 13.7. The van der Waals surface area contributed by atoms with Crippen molar-refractivity contribution in [3.63, 3.8) is 0 Å². The predicted octanol–water partition coefficient (Wildman–Crippen LogP) is 8.01. The summed E-state index contributed by atoms with van der Waals surface area (Å²) in [5.41, 5.74) is 3.75. The summed E-state index contributed by atoms with van der Waals surface area (Å²) in [6.07, 6.45) is 4.25. The zero-order valence-electron chi connectivity index (χ0n) is 25.6. The molecule has 0 saturated heterocycles. The molecule has 4 atom stereocenters. The number of methoxy groups -OCH3 is 1. The van der Waals surface area contributed by atoms with E-state index in [-0.39, 0.29) is 36.6 Å². The van der Waals surface area contributed by atoms with E-state index >= 15 is 0 Å². The Hall–Kier alpha value is -1.95. The monoisotopic (exact) mass is 673 g/mol. The maximum atomic E-state index is 13.7. The molecule has 1 fully saturated rings. The molecule has 1 aromatic carbocycles. The Morgan fingerprint density at radius 2 is 1.83 bits per heavy atom. The molecule has 1 aliphatic carbocycles. The van der Waals surface area contributed by atoms with Crippen LogP contribution in [0.4, 0.5) is 5.82 Å².